The predicted molar refractivity (Wildman–Crippen MR) is 119 cm³/mol. The van der Waals surface area contributed by atoms with Gasteiger partial charge in [0.25, 0.3) is 5.91 Å². The number of nitrogens with two attached hydrogens (primary N) is 1. The third kappa shape index (κ3) is 4.92. The second kappa shape index (κ2) is 9.13. The molecule has 0 saturated heterocycles. The van der Waals surface area contributed by atoms with Crippen molar-refractivity contribution in [2.24, 2.45) is 5.73 Å². The first-order chi connectivity index (χ1) is 14.9. The van der Waals surface area contributed by atoms with E-state index in [2.05, 4.69) is 15.2 Å². The van der Waals surface area contributed by atoms with Gasteiger partial charge in [-0.25, -0.2) is 4.39 Å². The maximum absolute atomic E-state index is 14.0. The molecule has 31 heavy (non-hydrogen) atoms. The number of aromatic nitrogens is 1. The van der Waals surface area contributed by atoms with Crippen molar-refractivity contribution in [1.82, 2.24) is 9.88 Å². The molecule has 160 valence electrons. The van der Waals surface area contributed by atoms with E-state index in [-0.39, 0.29) is 17.0 Å². The van der Waals surface area contributed by atoms with Crippen molar-refractivity contribution in [3.63, 3.8) is 0 Å². The highest BCUT2D eigenvalue weighted by atomic mass is 35.5. The van der Waals surface area contributed by atoms with Crippen LogP contribution in [0.1, 0.15) is 31.9 Å². The van der Waals surface area contributed by atoms with Gasteiger partial charge in [0.15, 0.2) is 0 Å². The second-order valence-electron chi connectivity index (χ2n) is 7.35. The van der Waals surface area contributed by atoms with Crippen LogP contribution in [0.3, 0.4) is 0 Å². The smallest absolute Gasteiger partial charge is 0.251 e. The highest BCUT2D eigenvalue weighted by molar-refractivity contribution is 7.17. The number of anilines is 1. The number of carbonyl (C=O) groups excluding carboxylic acids is 2. The number of nitrogens with one attached hydrogen (secondary N) is 1. The van der Waals surface area contributed by atoms with Crippen LogP contribution in [0.15, 0.2) is 42.7 Å². The molecular weight excluding hydrogens is 439 g/mol. The lowest BCUT2D eigenvalue weighted by molar-refractivity contribution is -0.115. The molecule has 0 saturated carbocycles. The summed E-state index contributed by atoms with van der Waals surface area (Å²) >= 11 is 7.11. The topological polar surface area (TPSA) is 88.3 Å². The van der Waals surface area contributed by atoms with Crippen molar-refractivity contribution in [3.8, 4) is 0 Å². The van der Waals surface area contributed by atoms with Gasteiger partial charge in [-0.15, -0.1) is 11.3 Å². The molecular formula is C22H20ClFN4O2S. The van der Waals surface area contributed by atoms with E-state index in [0.717, 1.165) is 29.1 Å². The number of thiophene rings is 1. The Morgan fingerprint density at radius 2 is 2.16 bits per heavy atom. The predicted octanol–water partition coefficient (Wildman–Crippen LogP) is 3.77. The molecule has 1 aliphatic rings. The average molecular weight is 459 g/mol. The van der Waals surface area contributed by atoms with E-state index in [9.17, 15) is 14.0 Å². The summed E-state index contributed by atoms with van der Waals surface area (Å²) in [5, 5.41) is 3.43. The van der Waals surface area contributed by atoms with Crippen molar-refractivity contribution in [2.45, 2.75) is 25.9 Å². The van der Waals surface area contributed by atoms with E-state index < -0.39 is 17.6 Å². The number of amides is 2. The van der Waals surface area contributed by atoms with Gasteiger partial charge in [-0.05, 0) is 41.3 Å². The van der Waals surface area contributed by atoms with Gasteiger partial charge >= 0.3 is 0 Å². The normalized spacial score (nSPS) is 13.6. The first kappa shape index (κ1) is 21.4. The van der Waals surface area contributed by atoms with Crippen molar-refractivity contribution in [2.75, 3.05) is 11.9 Å². The van der Waals surface area contributed by atoms with Crippen LogP contribution in [0.4, 0.5) is 9.39 Å². The Labute approximate surface area is 187 Å². The molecule has 3 heterocycles. The minimum absolute atomic E-state index is 0.170. The van der Waals surface area contributed by atoms with Gasteiger partial charge in [-0.3, -0.25) is 19.5 Å². The maximum atomic E-state index is 14.0. The van der Waals surface area contributed by atoms with Crippen molar-refractivity contribution in [1.29, 1.82) is 0 Å². The number of primary amides is 1. The van der Waals surface area contributed by atoms with E-state index in [4.69, 9.17) is 17.3 Å². The number of fused-ring (bicyclic) bond motifs is 1. The van der Waals surface area contributed by atoms with Crippen LogP contribution in [0.2, 0.25) is 5.02 Å². The maximum Gasteiger partial charge on any atom is 0.251 e. The number of pyridine rings is 1. The zero-order chi connectivity index (χ0) is 22.0. The lowest BCUT2D eigenvalue weighted by Gasteiger charge is -2.26. The Kier molecular flexibility index (Phi) is 6.31. The van der Waals surface area contributed by atoms with Gasteiger partial charge in [-0.1, -0.05) is 23.7 Å². The summed E-state index contributed by atoms with van der Waals surface area (Å²) in [5.74, 6) is -1.55. The molecule has 0 bridgehead atoms. The molecule has 0 unspecified atom stereocenters. The molecule has 4 rings (SSSR count). The minimum Gasteiger partial charge on any atom is -0.365 e. The minimum atomic E-state index is -0.578. The van der Waals surface area contributed by atoms with E-state index in [1.54, 1.807) is 6.20 Å². The molecule has 0 aliphatic carbocycles. The number of nitrogens with zero attached hydrogens (tertiary/aromatic N) is 2. The van der Waals surface area contributed by atoms with Crippen LogP contribution in [0.25, 0.3) is 0 Å². The SMILES string of the molecule is NC(=O)c1c(NC(=O)Cc2ccc(Cl)cc2F)sc2c1CCN(Cc1cccnc1)C2. The first-order valence-electron chi connectivity index (χ1n) is 9.70. The van der Waals surface area contributed by atoms with E-state index >= 15 is 0 Å². The average Bonchev–Trinajstić information content (AvgIpc) is 3.08. The standard InChI is InChI=1S/C22H20ClFN4O2S/c23-15-4-3-14(17(24)9-15)8-19(29)27-22-20(21(25)30)16-5-7-28(12-18(16)31-22)11-13-2-1-6-26-10-13/h1-4,6,9-10H,5,7-8,11-12H2,(H2,25,30)(H,27,29). The van der Waals surface area contributed by atoms with Crippen LogP contribution in [-0.2, 0) is 30.7 Å². The number of hydrogen-bond acceptors (Lipinski definition) is 5. The van der Waals surface area contributed by atoms with Gasteiger partial charge in [0.05, 0.1) is 12.0 Å². The molecule has 1 aromatic carbocycles. The molecule has 6 nitrogen and oxygen atoms in total. The molecule has 9 heteroatoms. The number of halogens is 2. The lowest BCUT2D eigenvalue weighted by Crippen LogP contribution is -2.30. The largest absolute Gasteiger partial charge is 0.365 e. The molecule has 0 spiro atoms. The first-order valence-corrected chi connectivity index (χ1v) is 10.9. The molecule has 1 aliphatic heterocycles. The Balaban J connectivity index is 1.51. The number of benzene rings is 1. The van der Waals surface area contributed by atoms with Crippen molar-refractivity contribution in [3.05, 3.63) is 80.7 Å². The lowest BCUT2D eigenvalue weighted by atomic mass is 10.0. The Bertz CT molecular complexity index is 1140. The van der Waals surface area contributed by atoms with E-state index in [1.165, 1.54) is 29.5 Å². The summed E-state index contributed by atoms with van der Waals surface area (Å²) in [5.41, 5.74) is 8.20. The third-order valence-corrected chi connectivity index (χ3v) is 6.50. The summed E-state index contributed by atoms with van der Waals surface area (Å²) in [4.78, 5) is 32.1. The summed E-state index contributed by atoms with van der Waals surface area (Å²) in [6.45, 7) is 2.16. The zero-order valence-corrected chi connectivity index (χ0v) is 18.1. The number of hydrogen-bond donors (Lipinski definition) is 2. The van der Waals surface area contributed by atoms with Crippen molar-refractivity contribution < 1.29 is 14.0 Å². The molecule has 0 radical (unpaired) electrons. The van der Waals surface area contributed by atoms with Crippen LogP contribution < -0.4 is 11.1 Å². The summed E-state index contributed by atoms with van der Waals surface area (Å²) in [6.07, 6.45) is 4.06. The highest BCUT2D eigenvalue weighted by Gasteiger charge is 2.28. The van der Waals surface area contributed by atoms with Crippen LogP contribution in [0, 0.1) is 5.82 Å². The summed E-state index contributed by atoms with van der Waals surface area (Å²) in [6, 6.07) is 8.09. The quantitative estimate of drug-likeness (QED) is 0.588. The Morgan fingerprint density at radius 3 is 2.87 bits per heavy atom. The van der Waals surface area contributed by atoms with Crippen LogP contribution >= 0.6 is 22.9 Å². The molecule has 3 N–H and O–H groups in total. The fourth-order valence-electron chi connectivity index (χ4n) is 3.70. The van der Waals surface area contributed by atoms with Gasteiger partial charge in [0.1, 0.15) is 10.8 Å². The van der Waals surface area contributed by atoms with Crippen LogP contribution in [0.5, 0.6) is 0 Å². The fraction of sp³-hybridized carbons (Fsp3) is 0.227. The monoisotopic (exact) mass is 458 g/mol. The highest BCUT2D eigenvalue weighted by Crippen LogP contribution is 2.37. The summed E-state index contributed by atoms with van der Waals surface area (Å²) in [7, 11) is 0. The molecule has 0 atom stereocenters. The molecule has 3 aromatic rings. The molecule has 0 fully saturated rings. The van der Waals surface area contributed by atoms with Crippen LogP contribution in [-0.4, -0.2) is 28.2 Å². The molecule has 2 aromatic heterocycles. The van der Waals surface area contributed by atoms with Gasteiger partial charge in [-0.2, -0.15) is 0 Å². The zero-order valence-electron chi connectivity index (χ0n) is 16.5. The molecule has 2 amide bonds. The second-order valence-corrected chi connectivity index (χ2v) is 8.90. The number of rotatable bonds is 6. The number of carbonyl (C=O) groups is 2. The Morgan fingerprint density at radius 1 is 1.32 bits per heavy atom. The third-order valence-electron chi connectivity index (χ3n) is 5.13. The summed E-state index contributed by atoms with van der Waals surface area (Å²) < 4.78 is 14.0. The van der Waals surface area contributed by atoms with Gasteiger partial charge < -0.3 is 11.1 Å². The Hall–Kier alpha value is -2.81. The van der Waals surface area contributed by atoms with Gasteiger partial charge in [0, 0.05) is 41.9 Å². The van der Waals surface area contributed by atoms with E-state index in [0.29, 0.717) is 23.5 Å². The van der Waals surface area contributed by atoms with Crippen molar-refractivity contribution >= 4 is 39.8 Å². The van der Waals surface area contributed by atoms with E-state index in [1.807, 2.05) is 18.3 Å². The fourth-order valence-corrected chi connectivity index (χ4v) is 5.17. The van der Waals surface area contributed by atoms with Gasteiger partial charge in [0.2, 0.25) is 5.91 Å².